The molecular weight excluding hydrogens is 251 g/mol. The molecule has 2 rings (SSSR count). The van der Waals surface area contributed by atoms with Crippen molar-refractivity contribution in [2.75, 3.05) is 6.54 Å². The summed E-state index contributed by atoms with van der Waals surface area (Å²) in [6, 6.07) is 9.49. The number of hydrogen-bond donors (Lipinski definition) is 1. The van der Waals surface area contributed by atoms with Crippen LogP contribution in [0.25, 0.3) is 0 Å². The van der Waals surface area contributed by atoms with Crippen LogP contribution in [0.3, 0.4) is 0 Å². The second-order valence-corrected chi connectivity index (χ2v) is 5.07. The Kier molecular flexibility index (Phi) is 5.24. The summed E-state index contributed by atoms with van der Waals surface area (Å²) in [5.41, 5.74) is 3.25. The summed E-state index contributed by atoms with van der Waals surface area (Å²) in [6.45, 7) is 4.88. The fourth-order valence-electron chi connectivity index (χ4n) is 2.46. The summed E-state index contributed by atoms with van der Waals surface area (Å²) >= 11 is 0. The number of nitrogens with one attached hydrogen (secondary N) is 1. The van der Waals surface area contributed by atoms with E-state index in [1.807, 2.05) is 31.5 Å². The van der Waals surface area contributed by atoms with Crippen LogP contribution in [0.5, 0.6) is 0 Å². The summed E-state index contributed by atoms with van der Waals surface area (Å²) in [5, 5.41) is 3.44. The molecule has 2 aromatic rings. The first-order valence-electron chi connectivity index (χ1n) is 7.08. The maximum atomic E-state index is 13.6. The second kappa shape index (κ2) is 7.15. The lowest BCUT2D eigenvalue weighted by atomic mass is 9.98. The van der Waals surface area contributed by atoms with Crippen molar-refractivity contribution < 1.29 is 4.39 Å². The van der Waals surface area contributed by atoms with Crippen LogP contribution in [0, 0.1) is 12.7 Å². The molecule has 0 aliphatic rings. The third-order valence-electron chi connectivity index (χ3n) is 3.39. The molecule has 0 amide bonds. The maximum absolute atomic E-state index is 13.6. The molecule has 106 valence electrons. The van der Waals surface area contributed by atoms with Crippen LogP contribution >= 0.6 is 0 Å². The van der Waals surface area contributed by atoms with Gasteiger partial charge in [-0.05, 0) is 67.3 Å². The SMILES string of the molecule is CCNC(CCc1ccncc1)c1cc(C)cc(F)c1. The van der Waals surface area contributed by atoms with E-state index in [2.05, 4.69) is 23.3 Å². The lowest BCUT2D eigenvalue weighted by Crippen LogP contribution is -2.21. The molecule has 1 unspecified atom stereocenters. The molecule has 1 N–H and O–H groups in total. The number of benzene rings is 1. The molecule has 0 saturated carbocycles. The summed E-state index contributed by atoms with van der Waals surface area (Å²) in [6.07, 6.45) is 5.52. The van der Waals surface area contributed by atoms with Crippen LogP contribution in [0.15, 0.2) is 42.7 Å². The van der Waals surface area contributed by atoms with Gasteiger partial charge in [0.2, 0.25) is 0 Å². The fourth-order valence-corrected chi connectivity index (χ4v) is 2.46. The zero-order chi connectivity index (χ0) is 14.4. The van der Waals surface area contributed by atoms with Crippen LogP contribution in [0.1, 0.15) is 36.1 Å². The summed E-state index contributed by atoms with van der Waals surface area (Å²) in [7, 11) is 0. The normalized spacial score (nSPS) is 12.3. The van der Waals surface area contributed by atoms with Crippen LogP contribution in [-0.4, -0.2) is 11.5 Å². The molecular formula is C17H21FN2. The molecule has 0 saturated heterocycles. The zero-order valence-corrected chi connectivity index (χ0v) is 12.1. The summed E-state index contributed by atoms with van der Waals surface area (Å²) in [4.78, 5) is 4.02. The van der Waals surface area contributed by atoms with Gasteiger partial charge in [0.05, 0.1) is 0 Å². The van der Waals surface area contributed by atoms with E-state index in [1.165, 1.54) is 5.56 Å². The van der Waals surface area contributed by atoms with Crippen molar-refractivity contribution in [3.05, 3.63) is 65.2 Å². The number of rotatable bonds is 6. The Morgan fingerprint density at radius 1 is 1.20 bits per heavy atom. The highest BCUT2D eigenvalue weighted by Crippen LogP contribution is 2.21. The lowest BCUT2D eigenvalue weighted by molar-refractivity contribution is 0.510. The number of hydrogen-bond acceptors (Lipinski definition) is 2. The van der Waals surface area contributed by atoms with Gasteiger partial charge in [-0.1, -0.05) is 13.0 Å². The van der Waals surface area contributed by atoms with Crippen LogP contribution in [-0.2, 0) is 6.42 Å². The molecule has 2 nitrogen and oxygen atoms in total. The highest BCUT2D eigenvalue weighted by molar-refractivity contribution is 5.26. The number of aryl methyl sites for hydroxylation is 2. The van der Waals surface area contributed by atoms with Gasteiger partial charge in [-0.2, -0.15) is 0 Å². The number of halogens is 1. The average Bonchev–Trinajstić information content (AvgIpc) is 2.43. The van der Waals surface area contributed by atoms with E-state index in [0.29, 0.717) is 0 Å². The first-order valence-corrected chi connectivity index (χ1v) is 7.08. The summed E-state index contributed by atoms with van der Waals surface area (Å²) < 4.78 is 13.6. The number of aromatic nitrogens is 1. The minimum Gasteiger partial charge on any atom is -0.310 e. The van der Waals surface area contributed by atoms with Crippen molar-refractivity contribution in [3.8, 4) is 0 Å². The molecule has 0 bridgehead atoms. The second-order valence-electron chi connectivity index (χ2n) is 5.07. The van der Waals surface area contributed by atoms with Crippen molar-refractivity contribution in [1.82, 2.24) is 10.3 Å². The minimum absolute atomic E-state index is 0.160. The number of nitrogens with zero attached hydrogens (tertiary/aromatic N) is 1. The van der Waals surface area contributed by atoms with Gasteiger partial charge in [0.25, 0.3) is 0 Å². The van der Waals surface area contributed by atoms with E-state index in [0.717, 1.165) is 30.5 Å². The molecule has 1 atom stereocenters. The Labute approximate surface area is 120 Å². The van der Waals surface area contributed by atoms with Crippen molar-refractivity contribution in [2.45, 2.75) is 32.7 Å². The van der Waals surface area contributed by atoms with E-state index in [9.17, 15) is 4.39 Å². The predicted molar refractivity (Wildman–Crippen MR) is 80.1 cm³/mol. The van der Waals surface area contributed by atoms with Crippen LogP contribution in [0.2, 0.25) is 0 Å². The molecule has 20 heavy (non-hydrogen) atoms. The highest BCUT2D eigenvalue weighted by atomic mass is 19.1. The smallest absolute Gasteiger partial charge is 0.123 e. The third kappa shape index (κ3) is 4.14. The first-order chi connectivity index (χ1) is 9.69. The topological polar surface area (TPSA) is 24.9 Å². The van der Waals surface area contributed by atoms with Crippen LogP contribution in [0.4, 0.5) is 4.39 Å². The Balaban J connectivity index is 2.10. The zero-order valence-electron chi connectivity index (χ0n) is 12.1. The number of pyridine rings is 1. The first kappa shape index (κ1) is 14.7. The van der Waals surface area contributed by atoms with Crippen molar-refractivity contribution in [2.24, 2.45) is 0 Å². The van der Waals surface area contributed by atoms with Gasteiger partial charge in [-0.25, -0.2) is 4.39 Å². The quantitative estimate of drug-likeness (QED) is 0.865. The summed E-state index contributed by atoms with van der Waals surface area (Å²) in [5.74, 6) is -0.160. The average molecular weight is 272 g/mol. The molecule has 0 spiro atoms. The molecule has 3 heteroatoms. The van der Waals surface area contributed by atoms with E-state index in [-0.39, 0.29) is 11.9 Å². The van der Waals surface area contributed by atoms with E-state index in [1.54, 1.807) is 12.1 Å². The van der Waals surface area contributed by atoms with Gasteiger partial charge in [-0.15, -0.1) is 0 Å². The molecule has 0 aliphatic carbocycles. The molecule has 0 aliphatic heterocycles. The maximum Gasteiger partial charge on any atom is 0.123 e. The fraction of sp³-hybridized carbons (Fsp3) is 0.353. The third-order valence-corrected chi connectivity index (χ3v) is 3.39. The predicted octanol–water partition coefficient (Wildman–Crippen LogP) is 3.81. The van der Waals surface area contributed by atoms with E-state index >= 15 is 0 Å². The Morgan fingerprint density at radius 3 is 2.60 bits per heavy atom. The largest absolute Gasteiger partial charge is 0.310 e. The van der Waals surface area contributed by atoms with Gasteiger partial charge < -0.3 is 5.32 Å². The Morgan fingerprint density at radius 2 is 1.95 bits per heavy atom. The van der Waals surface area contributed by atoms with Crippen molar-refractivity contribution in [1.29, 1.82) is 0 Å². The highest BCUT2D eigenvalue weighted by Gasteiger charge is 2.12. The van der Waals surface area contributed by atoms with E-state index < -0.39 is 0 Å². The molecule has 1 aromatic carbocycles. The van der Waals surface area contributed by atoms with Gasteiger partial charge in [0.15, 0.2) is 0 Å². The molecule has 1 heterocycles. The Bertz CT molecular complexity index is 520. The molecule has 0 radical (unpaired) electrons. The van der Waals surface area contributed by atoms with E-state index in [4.69, 9.17) is 0 Å². The molecule has 0 fully saturated rings. The monoisotopic (exact) mass is 272 g/mol. The Hall–Kier alpha value is -1.74. The minimum atomic E-state index is -0.160. The van der Waals surface area contributed by atoms with Crippen LogP contribution < -0.4 is 5.32 Å². The van der Waals surface area contributed by atoms with Crippen molar-refractivity contribution in [3.63, 3.8) is 0 Å². The lowest BCUT2D eigenvalue weighted by Gasteiger charge is -2.19. The van der Waals surface area contributed by atoms with Gasteiger partial charge in [0.1, 0.15) is 5.82 Å². The van der Waals surface area contributed by atoms with Crippen molar-refractivity contribution >= 4 is 0 Å². The van der Waals surface area contributed by atoms with Gasteiger partial charge in [0, 0.05) is 18.4 Å². The van der Waals surface area contributed by atoms with Gasteiger partial charge >= 0.3 is 0 Å². The van der Waals surface area contributed by atoms with Gasteiger partial charge in [-0.3, -0.25) is 4.98 Å². The standard InChI is InChI=1S/C17H21FN2/c1-3-20-17(5-4-14-6-8-19-9-7-14)15-10-13(2)11-16(18)12-15/h6-12,17,20H,3-5H2,1-2H3. The molecule has 1 aromatic heterocycles.